The van der Waals surface area contributed by atoms with Gasteiger partial charge in [0, 0.05) is 0 Å². The highest BCUT2D eigenvalue weighted by atomic mass is 16.5. The van der Waals surface area contributed by atoms with Gasteiger partial charge in [-0.15, -0.1) is 6.58 Å². The van der Waals surface area contributed by atoms with Gasteiger partial charge < -0.3 is 10.1 Å². The number of alkyl carbamates (subject to hydrolysis) is 1. The molecule has 0 saturated heterocycles. The highest BCUT2D eigenvalue weighted by Gasteiger charge is 2.14. The Labute approximate surface area is 71.6 Å². The second-order valence-corrected chi connectivity index (χ2v) is 2.32. The zero-order chi connectivity index (χ0) is 9.56. The van der Waals surface area contributed by atoms with Crippen LogP contribution >= 0.6 is 0 Å². The van der Waals surface area contributed by atoms with Crippen LogP contribution in [0.5, 0.6) is 0 Å². The van der Waals surface area contributed by atoms with Gasteiger partial charge in [-0.2, -0.15) is 0 Å². The minimum absolute atomic E-state index is 0.111. The lowest BCUT2D eigenvalue weighted by molar-refractivity contribution is -0.118. The van der Waals surface area contributed by atoms with Crippen LogP contribution in [-0.4, -0.2) is 25.0 Å². The SMILES string of the molecule is C=CCC(NC(=O)OC)C(C)=O. The van der Waals surface area contributed by atoms with Gasteiger partial charge in [0.25, 0.3) is 0 Å². The number of carbonyl (C=O) groups excluding carboxylic acids is 2. The molecule has 1 atom stereocenters. The Morgan fingerprint density at radius 2 is 2.25 bits per heavy atom. The molecule has 1 amide bonds. The third-order valence-electron chi connectivity index (χ3n) is 1.37. The second kappa shape index (κ2) is 5.35. The summed E-state index contributed by atoms with van der Waals surface area (Å²) in [6, 6.07) is -0.519. The predicted molar refractivity (Wildman–Crippen MR) is 44.8 cm³/mol. The van der Waals surface area contributed by atoms with Gasteiger partial charge in [-0.05, 0) is 13.3 Å². The number of hydrogen-bond acceptors (Lipinski definition) is 3. The third-order valence-corrected chi connectivity index (χ3v) is 1.37. The minimum Gasteiger partial charge on any atom is -0.453 e. The van der Waals surface area contributed by atoms with Crippen molar-refractivity contribution in [2.75, 3.05) is 7.11 Å². The van der Waals surface area contributed by atoms with E-state index in [2.05, 4.69) is 16.6 Å². The first-order valence-corrected chi connectivity index (χ1v) is 3.57. The number of ether oxygens (including phenoxy) is 1. The summed E-state index contributed by atoms with van der Waals surface area (Å²) in [5.74, 6) is -0.111. The lowest BCUT2D eigenvalue weighted by Gasteiger charge is -2.11. The fourth-order valence-corrected chi connectivity index (χ4v) is 0.694. The van der Waals surface area contributed by atoms with Crippen molar-refractivity contribution in [1.82, 2.24) is 5.32 Å². The Balaban J connectivity index is 4.03. The summed E-state index contributed by atoms with van der Waals surface area (Å²) in [5, 5.41) is 2.39. The van der Waals surface area contributed by atoms with Gasteiger partial charge >= 0.3 is 6.09 Å². The maximum atomic E-state index is 10.9. The van der Waals surface area contributed by atoms with Crippen LogP contribution in [0.3, 0.4) is 0 Å². The predicted octanol–water partition coefficient (Wildman–Crippen LogP) is 0.876. The molecule has 0 bridgehead atoms. The molecule has 0 aromatic carbocycles. The van der Waals surface area contributed by atoms with Gasteiger partial charge in [-0.25, -0.2) is 4.79 Å². The van der Waals surface area contributed by atoms with Crippen LogP contribution in [0.15, 0.2) is 12.7 Å². The van der Waals surface area contributed by atoms with Crippen LogP contribution in [-0.2, 0) is 9.53 Å². The van der Waals surface area contributed by atoms with Crippen LogP contribution in [0.25, 0.3) is 0 Å². The Bertz CT molecular complexity index is 189. The molecule has 0 aliphatic heterocycles. The van der Waals surface area contributed by atoms with E-state index >= 15 is 0 Å². The molecule has 0 fully saturated rings. The van der Waals surface area contributed by atoms with E-state index in [9.17, 15) is 9.59 Å². The molecule has 4 heteroatoms. The van der Waals surface area contributed by atoms with Crippen molar-refractivity contribution in [3.63, 3.8) is 0 Å². The molecular formula is C8H13NO3. The normalized spacial score (nSPS) is 11.5. The van der Waals surface area contributed by atoms with Crippen molar-refractivity contribution in [1.29, 1.82) is 0 Å². The van der Waals surface area contributed by atoms with Gasteiger partial charge in [0.1, 0.15) is 0 Å². The Hall–Kier alpha value is -1.32. The third kappa shape index (κ3) is 3.75. The molecule has 0 aliphatic carbocycles. The smallest absolute Gasteiger partial charge is 0.407 e. The minimum atomic E-state index is -0.600. The lowest BCUT2D eigenvalue weighted by Crippen LogP contribution is -2.39. The molecule has 0 heterocycles. The summed E-state index contributed by atoms with van der Waals surface area (Å²) < 4.78 is 4.34. The summed E-state index contributed by atoms with van der Waals surface area (Å²) in [4.78, 5) is 21.5. The second-order valence-electron chi connectivity index (χ2n) is 2.32. The molecule has 0 rings (SSSR count). The Kier molecular flexibility index (Phi) is 4.76. The summed E-state index contributed by atoms with van der Waals surface area (Å²) in [6.07, 6.45) is 1.39. The molecule has 0 aliphatic rings. The molecular weight excluding hydrogens is 158 g/mol. The first-order chi connectivity index (χ1) is 5.61. The van der Waals surface area contributed by atoms with Gasteiger partial charge in [0.2, 0.25) is 0 Å². The lowest BCUT2D eigenvalue weighted by atomic mass is 10.1. The van der Waals surface area contributed by atoms with E-state index in [1.165, 1.54) is 14.0 Å². The van der Waals surface area contributed by atoms with Crippen molar-refractivity contribution < 1.29 is 14.3 Å². The van der Waals surface area contributed by atoms with Crippen molar-refractivity contribution in [2.45, 2.75) is 19.4 Å². The molecule has 0 aromatic rings. The zero-order valence-corrected chi connectivity index (χ0v) is 7.29. The van der Waals surface area contributed by atoms with E-state index in [0.29, 0.717) is 6.42 Å². The number of carbonyl (C=O) groups is 2. The zero-order valence-electron chi connectivity index (χ0n) is 7.29. The fraction of sp³-hybridized carbons (Fsp3) is 0.500. The van der Waals surface area contributed by atoms with E-state index in [0.717, 1.165) is 0 Å². The summed E-state index contributed by atoms with van der Waals surface area (Å²) in [5.41, 5.74) is 0. The maximum absolute atomic E-state index is 10.9. The molecule has 12 heavy (non-hydrogen) atoms. The maximum Gasteiger partial charge on any atom is 0.407 e. The largest absolute Gasteiger partial charge is 0.453 e. The van der Waals surface area contributed by atoms with Gasteiger partial charge in [-0.3, -0.25) is 4.79 Å². The van der Waals surface area contributed by atoms with Crippen LogP contribution in [0.4, 0.5) is 4.79 Å². The van der Waals surface area contributed by atoms with Crippen molar-refractivity contribution in [2.24, 2.45) is 0 Å². The molecule has 4 nitrogen and oxygen atoms in total. The fourth-order valence-electron chi connectivity index (χ4n) is 0.694. The van der Waals surface area contributed by atoms with E-state index in [1.54, 1.807) is 6.08 Å². The summed E-state index contributed by atoms with van der Waals surface area (Å²) >= 11 is 0. The van der Waals surface area contributed by atoms with Crippen molar-refractivity contribution in [3.8, 4) is 0 Å². The van der Waals surface area contributed by atoms with Gasteiger partial charge in [0.05, 0.1) is 13.2 Å². The number of nitrogens with one attached hydrogen (secondary N) is 1. The number of hydrogen-bond donors (Lipinski definition) is 1. The number of ketones is 1. The highest BCUT2D eigenvalue weighted by molar-refractivity contribution is 5.85. The van der Waals surface area contributed by atoms with Gasteiger partial charge in [-0.1, -0.05) is 6.08 Å². The molecule has 1 unspecified atom stereocenters. The Morgan fingerprint density at radius 3 is 2.58 bits per heavy atom. The van der Waals surface area contributed by atoms with E-state index in [1.807, 2.05) is 0 Å². The molecule has 0 spiro atoms. The molecule has 0 saturated carbocycles. The molecule has 1 N–H and O–H groups in total. The number of Topliss-reactive ketones (excluding diaryl/α,β-unsaturated/α-hetero) is 1. The average molecular weight is 171 g/mol. The van der Waals surface area contributed by atoms with Crippen LogP contribution in [0.1, 0.15) is 13.3 Å². The van der Waals surface area contributed by atoms with Crippen molar-refractivity contribution >= 4 is 11.9 Å². The monoisotopic (exact) mass is 171 g/mol. The first-order valence-electron chi connectivity index (χ1n) is 3.57. The van der Waals surface area contributed by atoms with Crippen LogP contribution in [0, 0.1) is 0 Å². The molecule has 68 valence electrons. The number of methoxy groups -OCH3 is 1. The van der Waals surface area contributed by atoms with E-state index in [-0.39, 0.29) is 5.78 Å². The topological polar surface area (TPSA) is 55.4 Å². The quantitative estimate of drug-likeness (QED) is 0.639. The summed E-state index contributed by atoms with van der Waals surface area (Å²) in [7, 11) is 1.25. The van der Waals surface area contributed by atoms with E-state index < -0.39 is 12.1 Å². The first kappa shape index (κ1) is 10.7. The van der Waals surface area contributed by atoms with Gasteiger partial charge in [0.15, 0.2) is 5.78 Å². The van der Waals surface area contributed by atoms with Crippen LogP contribution in [0.2, 0.25) is 0 Å². The number of amides is 1. The van der Waals surface area contributed by atoms with E-state index in [4.69, 9.17) is 0 Å². The van der Waals surface area contributed by atoms with Crippen molar-refractivity contribution in [3.05, 3.63) is 12.7 Å². The summed E-state index contributed by atoms with van der Waals surface area (Å²) in [6.45, 7) is 4.88. The average Bonchev–Trinajstić information content (AvgIpc) is 2.03. The standard InChI is InChI=1S/C8H13NO3/c1-4-5-7(6(2)10)9-8(11)12-3/h4,7H,1,5H2,2-3H3,(H,9,11). The Morgan fingerprint density at radius 1 is 1.67 bits per heavy atom. The highest BCUT2D eigenvalue weighted by Crippen LogP contribution is 1.94. The van der Waals surface area contributed by atoms with Crippen LogP contribution < -0.4 is 5.32 Å². The molecule has 0 radical (unpaired) electrons. The molecule has 0 aromatic heterocycles. The number of rotatable bonds is 4.